The molecule has 2 heterocycles. The summed E-state index contributed by atoms with van der Waals surface area (Å²) in [5, 5.41) is 0.764. The normalized spacial score (nSPS) is 26.5. The smallest absolute Gasteiger partial charge is 0.0951 e. The summed E-state index contributed by atoms with van der Waals surface area (Å²) in [5.74, 6) is 1.23. The molecule has 1 aromatic rings. The first kappa shape index (κ1) is 13.5. The Balaban J connectivity index is 1.77. The molecule has 2 atom stereocenters. The second-order valence-electron chi connectivity index (χ2n) is 5.60. The van der Waals surface area contributed by atoms with Gasteiger partial charge < -0.3 is 10.3 Å². The molecule has 1 aliphatic heterocycles. The molecular formula is C14H24N4S. The van der Waals surface area contributed by atoms with Gasteiger partial charge >= 0.3 is 0 Å². The summed E-state index contributed by atoms with van der Waals surface area (Å²) in [6.45, 7) is 5.30. The number of hydrogen-bond donors (Lipinski definition) is 1. The molecule has 1 saturated carbocycles. The molecule has 0 bridgehead atoms. The molecule has 2 N–H and O–H groups in total. The molecule has 5 heteroatoms. The van der Waals surface area contributed by atoms with E-state index in [4.69, 9.17) is 5.73 Å². The highest BCUT2D eigenvalue weighted by Gasteiger charge is 2.31. The average molecular weight is 280 g/mol. The molecule has 0 aromatic carbocycles. The molecule has 3 rings (SSSR count). The van der Waals surface area contributed by atoms with E-state index >= 15 is 0 Å². The molecule has 0 spiro atoms. The molecule has 0 radical (unpaired) electrons. The van der Waals surface area contributed by atoms with E-state index in [1.165, 1.54) is 37.3 Å². The van der Waals surface area contributed by atoms with Gasteiger partial charge in [0, 0.05) is 42.9 Å². The van der Waals surface area contributed by atoms with Crippen molar-refractivity contribution in [3.63, 3.8) is 0 Å². The highest BCUT2D eigenvalue weighted by atomic mass is 32.2. The molecule has 2 fully saturated rings. The van der Waals surface area contributed by atoms with Crippen LogP contribution in [0, 0.1) is 0 Å². The lowest BCUT2D eigenvalue weighted by Crippen LogP contribution is -2.43. The number of hydrogen-bond acceptors (Lipinski definition) is 4. The van der Waals surface area contributed by atoms with Crippen molar-refractivity contribution in [3.8, 4) is 0 Å². The van der Waals surface area contributed by atoms with Crippen LogP contribution in [0.1, 0.15) is 44.0 Å². The molecule has 2 unspecified atom stereocenters. The largest absolute Gasteiger partial charge is 0.330 e. The van der Waals surface area contributed by atoms with Crippen molar-refractivity contribution in [2.24, 2.45) is 5.73 Å². The third kappa shape index (κ3) is 2.83. The summed E-state index contributed by atoms with van der Waals surface area (Å²) in [5.41, 5.74) is 7.41. The zero-order valence-electron chi connectivity index (χ0n) is 11.7. The Kier molecular flexibility index (Phi) is 4.15. The van der Waals surface area contributed by atoms with Crippen molar-refractivity contribution in [1.82, 2.24) is 14.5 Å². The Hall–Kier alpha value is -0.520. The number of aromatic nitrogens is 2. The molecule has 2 aliphatic rings. The summed E-state index contributed by atoms with van der Waals surface area (Å²) >= 11 is 2.11. The Morgan fingerprint density at radius 3 is 3.05 bits per heavy atom. The van der Waals surface area contributed by atoms with Gasteiger partial charge in [0.1, 0.15) is 0 Å². The van der Waals surface area contributed by atoms with E-state index in [2.05, 4.69) is 33.1 Å². The second-order valence-corrected chi connectivity index (χ2v) is 7.01. The monoisotopic (exact) mass is 280 g/mol. The maximum absolute atomic E-state index is 6.08. The summed E-state index contributed by atoms with van der Waals surface area (Å²) < 4.78 is 2.36. The van der Waals surface area contributed by atoms with Gasteiger partial charge in [-0.2, -0.15) is 11.8 Å². The van der Waals surface area contributed by atoms with Crippen LogP contribution in [0.4, 0.5) is 0 Å². The summed E-state index contributed by atoms with van der Waals surface area (Å²) in [6, 6.07) is 1.03. The van der Waals surface area contributed by atoms with Gasteiger partial charge in [0.25, 0.3) is 0 Å². The molecule has 1 aromatic heterocycles. The van der Waals surface area contributed by atoms with E-state index < -0.39 is 0 Å². The first-order valence-electron chi connectivity index (χ1n) is 7.41. The van der Waals surface area contributed by atoms with Gasteiger partial charge in [-0.1, -0.05) is 6.92 Å². The quantitative estimate of drug-likeness (QED) is 0.896. The number of nitrogens with zero attached hydrogens (tertiary/aromatic N) is 3. The van der Waals surface area contributed by atoms with Crippen molar-refractivity contribution >= 4 is 11.8 Å². The maximum atomic E-state index is 6.08. The Morgan fingerprint density at radius 2 is 2.37 bits per heavy atom. The Labute approximate surface area is 119 Å². The minimum absolute atomic E-state index is 0.345. The van der Waals surface area contributed by atoms with Crippen LogP contribution in [-0.4, -0.2) is 45.1 Å². The van der Waals surface area contributed by atoms with Crippen LogP contribution in [0.15, 0.2) is 12.5 Å². The Morgan fingerprint density at radius 1 is 1.53 bits per heavy atom. The third-order valence-electron chi connectivity index (χ3n) is 4.27. The van der Waals surface area contributed by atoms with Gasteiger partial charge in [0.05, 0.1) is 18.1 Å². The lowest BCUT2D eigenvalue weighted by atomic mass is 10.1. The lowest BCUT2D eigenvalue weighted by molar-refractivity contribution is 0.200. The van der Waals surface area contributed by atoms with E-state index in [0.29, 0.717) is 18.6 Å². The third-order valence-corrected chi connectivity index (χ3v) is 5.64. The van der Waals surface area contributed by atoms with Crippen LogP contribution in [0.5, 0.6) is 0 Å². The average Bonchev–Trinajstić information content (AvgIpc) is 3.19. The van der Waals surface area contributed by atoms with Gasteiger partial charge in [-0.05, 0) is 19.3 Å². The standard InChI is InChI=1S/C14H24N4S/c1-2-12-9-17(5-6-19-12)13(7-15)14-8-16-10-18(14)11-3-4-11/h8,10-13H,2-7,9,15H2,1H3. The Bertz CT molecular complexity index is 415. The van der Waals surface area contributed by atoms with E-state index in [0.717, 1.165) is 11.8 Å². The molecule has 0 amide bonds. The fourth-order valence-corrected chi connectivity index (χ4v) is 4.17. The minimum atomic E-state index is 0.345. The topological polar surface area (TPSA) is 47.1 Å². The molecule has 19 heavy (non-hydrogen) atoms. The SMILES string of the molecule is CCC1CN(C(CN)c2cncn2C2CC2)CCS1. The fraction of sp³-hybridized carbons (Fsp3) is 0.786. The maximum Gasteiger partial charge on any atom is 0.0951 e. The zero-order valence-corrected chi connectivity index (χ0v) is 12.5. The highest BCUT2D eigenvalue weighted by Crippen LogP contribution is 2.38. The van der Waals surface area contributed by atoms with Crippen LogP contribution in [-0.2, 0) is 0 Å². The van der Waals surface area contributed by atoms with Crippen LogP contribution >= 0.6 is 11.8 Å². The van der Waals surface area contributed by atoms with Crippen molar-refractivity contribution < 1.29 is 0 Å². The molecule has 1 aliphatic carbocycles. The van der Waals surface area contributed by atoms with Gasteiger partial charge in [-0.25, -0.2) is 4.98 Å². The van der Waals surface area contributed by atoms with E-state index in [1.807, 2.05) is 12.5 Å². The van der Waals surface area contributed by atoms with Crippen molar-refractivity contribution in [2.75, 3.05) is 25.4 Å². The van der Waals surface area contributed by atoms with Crippen molar-refractivity contribution in [2.45, 2.75) is 43.5 Å². The van der Waals surface area contributed by atoms with Crippen LogP contribution in [0.3, 0.4) is 0 Å². The molecule has 106 valence electrons. The van der Waals surface area contributed by atoms with Gasteiger partial charge in [-0.15, -0.1) is 0 Å². The zero-order chi connectivity index (χ0) is 13.2. The number of thioether (sulfide) groups is 1. The molecule has 4 nitrogen and oxygen atoms in total. The first-order chi connectivity index (χ1) is 9.33. The predicted molar refractivity (Wildman–Crippen MR) is 80.4 cm³/mol. The second kappa shape index (κ2) is 5.85. The van der Waals surface area contributed by atoms with Crippen LogP contribution in [0.25, 0.3) is 0 Å². The van der Waals surface area contributed by atoms with E-state index in [1.54, 1.807) is 0 Å². The number of rotatable bonds is 5. The molecular weight excluding hydrogens is 256 g/mol. The van der Waals surface area contributed by atoms with Crippen LogP contribution < -0.4 is 5.73 Å². The van der Waals surface area contributed by atoms with Gasteiger partial charge in [-0.3, -0.25) is 4.90 Å². The van der Waals surface area contributed by atoms with Gasteiger partial charge in [0.15, 0.2) is 0 Å². The lowest BCUT2D eigenvalue weighted by Gasteiger charge is -2.37. The van der Waals surface area contributed by atoms with E-state index in [-0.39, 0.29) is 0 Å². The van der Waals surface area contributed by atoms with E-state index in [9.17, 15) is 0 Å². The summed E-state index contributed by atoms with van der Waals surface area (Å²) in [6.07, 6.45) is 7.87. The number of nitrogens with two attached hydrogens (primary N) is 1. The van der Waals surface area contributed by atoms with Crippen molar-refractivity contribution in [1.29, 1.82) is 0 Å². The summed E-state index contributed by atoms with van der Waals surface area (Å²) in [7, 11) is 0. The predicted octanol–water partition coefficient (Wildman–Crippen LogP) is 2.05. The fourth-order valence-electron chi connectivity index (χ4n) is 2.96. The first-order valence-corrected chi connectivity index (χ1v) is 8.45. The highest BCUT2D eigenvalue weighted by molar-refractivity contribution is 8.00. The molecule has 1 saturated heterocycles. The number of imidazole rings is 1. The minimum Gasteiger partial charge on any atom is -0.330 e. The summed E-state index contributed by atoms with van der Waals surface area (Å²) in [4.78, 5) is 6.93. The van der Waals surface area contributed by atoms with Gasteiger partial charge in [0.2, 0.25) is 0 Å². The van der Waals surface area contributed by atoms with Crippen molar-refractivity contribution in [3.05, 3.63) is 18.2 Å². The van der Waals surface area contributed by atoms with Crippen LogP contribution in [0.2, 0.25) is 0 Å².